The first-order valence-corrected chi connectivity index (χ1v) is 22.9. The van der Waals surface area contributed by atoms with Crippen LogP contribution < -0.4 is 14.8 Å². The van der Waals surface area contributed by atoms with Gasteiger partial charge in [0.15, 0.2) is 6.54 Å². The number of aliphatic hydroxyl groups is 1. The Morgan fingerprint density at radius 1 is 0.661 bits per heavy atom. The van der Waals surface area contributed by atoms with Crippen LogP contribution in [0, 0.1) is 27.7 Å². The molecule has 9 rings (SSSR count). The van der Waals surface area contributed by atoms with E-state index in [1.54, 1.807) is 12.1 Å². The number of aryl methyl sites for hydroxylation is 4. The maximum absolute atomic E-state index is 14.6. The zero-order valence-corrected chi connectivity index (χ0v) is 36.6. The van der Waals surface area contributed by atoms with Crippen LogP contribution in [0.4, 0.5) is 17.1 Å². The maximum atomic E-state index is 14.6. The Labute approximate surface area is 364 Å². The number of benzene rings is 7. The smallest absolute Gasteiger partial charge is 0.243 e. The predicted octanol–water partition coefficient (Wildman–Crippen LogP) is 11.2. The Bertz CT molecular complexity index is 3020. The van der Waals surface area contributed by atoms with E-state index in [4.69, 9.17) is 4.42 Å². The van der Waals surface area contributed by atoms with Crippen LogP contribution in [0.2, 0.25) is 0 Å². The van der Waals surface area contributed by atoms with Crippen LogP contribution in [-0.2, 0) is 23.1 Å². The van der Waals surface area contributed by atoms with E-state index in [0.717, 1.165) is 61.2 Å². The summed E-state index contributed by atoms with van der Waals surface area (Å²) in [5.41, 5.74) is 13.1. The van der Waals surface area contributed by atoms with Gasteiger partial charge in [-0.1, -0.05) is 115 Å². The first kappa shape index (κ1) is 41.1. The molecule has 6 aromatic carbocycles. The molecule has 6 aromatic rings. The lowest BCUT2D eigenvalue weighted by atomic mass is 9.93. The number of hydrogen-bond donors (Lipinski definition) is 1. The molecule has 0 amide bonds. The third-order valence-electron chi connectivity index (χ3n) is 12.3. The number of rotatable bonds is 10. The van der Waals surface area contributed by atoms with Gasteiger partial charge in [0.05, 0.1) is 17.1 Å². The lowest BCUT2D eigenvalue weighted by molar-refractivity contribution is 0.113. The van der Waals surface area contributed by atoms with Gasteiger partial charge in [0.25, 0.3) is 0 Å². The Morgan fingerprint density at radius 3 is 1.95 bits per heavy atom. The van der Waals surface area contributed by atoms with Gasteiger partial charge in [0, 0.05) is 81.9 Å². The molecule has 3 aliphatic rings. The number of hydrogen-bond acceptors (Lipinski definition) is 5. The van der Waals surface area contributed by atoms with Gasteiger partial charge in [-0.3, -0.25) is 0 Å². The van der Waals surface area contributed by atoms with Gasteiger partial charge in [-0.15, -0.1) is 0 Å². The molecule has 0 radical (unpaired) electrons. The van der Waals surface area contributed by atoms with Crippen LogP contribution >= 0.6 is 0 Å². The molecule has 1 aliphatic carbocycles. The van der Waals surface area contributed by atoms with E-state index in [1.165, 1.54) is 15.4 Å². The van der Waals surface area contributed by atoms with Crippen LogP contribution in [0.3, 0.4) is 0 Å². The zero-order valence-electron chi connectivity index (χ0n) is 35.8. The van der Waals surface area contributed by atoms with Crippen LogP contribution in [0.15, 0.2) is 167 Å². The van der Waals surface area contributed by atoms with Crippen LogP contribution in [0.1, 0.15) is 46.2 Å². The Morgan fingerprint density at radius 2 is 1.27 bits per heavy atom. The Balaban J connectivity index is 1.33. The van der Waals surface area contributed by atoms with Crippen molar-refractivity contribution in [3.8, 4) is 22.5 Å². The summed E-state index contributed by atoms with van der Waals surface area (Å²) in [5.74, 6) is 0.640. The van der Waals surface area contributed by atoms with Crippen LogP contribution in [-0.4, -0.2) is 37.0 Å². The lowest BCUT2D eigenvalue weighted by Crippen LogP contribution is -2.40. The van der Waals surface area contributed by atoms with Gasteiger partial charge in [-0.25, -0.2) is 8.42 Å². The largest absolute Gasteiger partial charge is 0.456 e. The minimum absolute atomic E-state index is 0.237. The summed E-state index contributed by atoms with van der Waals surface area (Å²) in [6.07, 6.45) is 0.310. The van der Waals surface area contributed by atoms with Gasteiger partial charge < -0.3 is 14.4 Å². The highest BCUT2D eigenvalue weighted by Gasteiger charge is 2.32. The van der Waals surface area contributed by atoms with Crippen molar-refractivity contribution in [2.75, 3.05) is 18.0 Å². The van der Waals surface area contributed by atoms with Gasteiger partial charge in [-0.05, 0) is 81.5 Å². The van der Waals surface area contributed by atoms with Crippen molar-refractivity contribution in [3.63, 3.8) is 0 Å². The topological polar surface area (TPSA) is 77.0 Å². The number of piperidine rings is 1. The SMILES string of the molecule is Cc1cccc(C)c1N(Cc1ccccc1)c1ccc2c(-c3ccccc3S(=O)(=O)N3CCC(O)CC3)c3ccc(=[N+](Cc4ccccc4)c4c(C)cccc4C)cc-3oc2c1. The number of fused-ring (bicyclic) bond motifs is 2. The molecule has 0 atom stereocenters. The van der Waals surface area contributed by atoms with Crippen molar-refractivity contribution in [1.82, 2.24) is 8.88 Å². The molecule has 8 heteroatoms. The maximum Gasteiger partial charge on any atom is 0.243 e. The summed E-state index contributed by atoms with van der Waals surface area (Å²) in [6, 6.07) is 53.7. The predicted molar refractivity (Wildman–Crippen MR) is 251 cm³/mol. The van der Waals surface area contributed by atoms with E-state index >= 15 is 0 Å². The van der Waals surface area contributed by atoms with E-state index in [1.807, 2.05) is 24.3 Å². The summed E-state index contributed by atoms with van der Waals surface area (Å²) >= 11 is 0. The number of anilines is 2. The van der Waals surface area contributed by atoms with Crippen LogP contribution in [0.5, 0.6) is 0 Å². The summed E-state index contributed by atoms with van der Waals surface area (Å²) in [4.78, 5) is 2.59. The fourth-order valence-corrected chi connectivity index (χ4v) is 10.9. The molecule has 0 saturated carbocycles. The quantitative estimate of drug-likeness (QED) is 0.110. The second-order valence-corrected chi connectivity index (χ2v) is 18.5. The normalized spacial score (nSPS) is 14.3. The van der Waals surface area contributed by atoms with Crippen molar-refractivity contribution >= 4 is 38.1 Å². The van der Waals surface area contributed by atoms with Crippen molar-refractivity contribution < 1.29 is 17.9 Å². The van der Waals surface area contributed by atoms with Gasteiger partial charge >= 0.3 is 0 Å². The minimum atomic E-state index is -3.93. The third kappa shape index (κ3) is 7.97. The molecule has 0 spiro atoms. The molecular formula is C54H52N3O4S+. The molecule has 0 unspecified atom stereocenters. The van der Waals surface area contributed by atoms with Crippen LogP contribution in [0.25, 0.3) is 33.4 Å². The zero-order chi connectivity index (χ0) is 43.0. The highest BCUT2D eigenvalue weighted by Crippen LogP contribution is 2.45. The van der Waals surface area contributed by atoms with Crippen molar-refractivity contribution in [1.29, 1.82) is 0 Å². The lowest BCUT2D eigenvalue weighted by Gasteiger charge is -2.30. The molecule has 2 aliphatic heterocycles. The molecule has 2 heterocycles. The van der Waals surface area contributed by atoms with E-state index in [9.17, 15) is 13.5 Å². The average molecular weight is 839 g/mol. The van der Waals surface area contributed by atoms with E-state index in [0.29, 0.717) is 42.8 Å². The number of nitrogens with zero attached hydrogens (tertiary/aromatic N) is 3. The van der Waals surface area contributed by atoms with Gasteiger partial charge in [-0.2, -0.15) is 8.88 Å². The molecule has 1 N–H and O–H groups in total. The standard InChI is InChI=1S/C54H52N3O4S/c1-37-15-13-16-38(2)53(37)56(35-41-19-7-5-8-20-41)43-25-27-46-49(33-43)61-50-34-44(57(36-42-21-9-6-10-22-42)54-39(3)17-14-18-40(54)4)26-28-47(50)52(46)48-23-11-12-24-51(48)62(59,60)55-31-29-45(58)30-32-55/h5-28,33-34,45,58H,29-32,35-36H2,1-4H3/q+1. The Hall–Kier alpha value is -6.32. The molecule has 0 bridgehead atoms. The molecule has 1 saturated heterocycles. The van der Waals surface area contributed by atoms with Crippen molar-refractivity contribution in [2.45, 2.75) is 64.6 Å². The fourth-order valence-electron chi connectivity index (χ4n) is 9.21. The summed E-state index contributed by atoms with van der Waals surface area (Å²) < 4.78 is 40.2. The number of sulfonamides is 1. The average Bonchev–Trinajstić information content (AvgIpc) is 3.28. The second-order valence-electron chi connectivity index (χ2n) is 16.6. The van der Waals surface area contributed by atoms with E-state index in [2.05, 4.69) is 158 Å². The second kappa shape index (κ2) is 17.2. The van der Waals surface area contributed by atoms with Gasteiger partial charge in [0.1, 0.15) is 11.3 Å². The van der Waals surface area contributed by atoms with E-state index < -0.39 is 16.1 Å². The molecule has 312 valence electrons. The highest BCUT2D eigenvalue weighted by molar-refractivity contribution is 7.89. The number of para-hydroxylation sites is 2. The van der Waals surface area contributed by atoms with Crippen molar-refractivity contribution in [3.05, 3.63) is 196 Å². The Kier molecular flexibility index (Phi) is 11.4. The van der Waals surface area contributed by atoms with Crippen molar-refractivity contribution in [2.24, 2.45) is 0 Å². The monoisotopic (exact) mass is 838 g/mol. The number of aliphatic hydroxyl groups excluding tert-OH is 1. The first-order valence-electron chi connectivity index (χ1n) is 21.4. The highest BCUT2D eigenvalue weighted by atomic mass is 32.2. The summed E-state index contributed by atoms with van der Waals surface area (Å²) in [5, 5.41) is 12.1. The summed E-state index contributed by atoms with van der Waals surface area (Å²) in [7, 11) is -3.93. The molecule has 62 heavy (non-hydrogen) atoms. The minimum Gasteiger partial charge on any atom is -0.456 e. The molecule has 0 aromatic heterocycles. The van der Waals surface area contributed by atoms with E-state index in [-0.39, 0.29) is 18.0 Å². The molecular weight excluding hydrogens is 787 g/mol. The third-order valence-corrected chi connectivity index (χ3v) is 14.3. The summed E-state index contributed by atoms with van der Waals surface area (Å²) in [6.45, 7) is 10.4. The van der Waals surface area contributed by atoms with Gasteiger partial charge in [0.2, 0.25) is 21.1 Å². The molecule has 7 nitrogen and oxygen atoms in total. The molecule has 1 fully saturated rings. The fraction of sp³-hybridized carbons (Fsp3) is 0.204. The first-order chi connectivity index (χ1) is 30.1.